The third-order valence-corrected chi connectivity index (χ3v) is 3.34. The van der Waals surface area contributed by atoms with Crippen LogP contribution in [-0.4, -0.2) is 15.1 Å². The number of benzene rings is 1. The minimum absolute atomic E-state index is 0.203. The predicted molar refractivity (Wildman–Crippen MR) is 73.6 cm³/mol. The summed E-state index contributed by atoms with van der Waals surface area (Å²) in [6.45, 7) is 1.91. The number of rotatable bonds is 3. The van der Waals surface area contributed by atoms with Crippen LogP contribution in [0.25, 0.3) is 11.4 Å². The Kier molecular flexibility index (Phi) is 3.99. The van der Waals surface area contributed by atoms with Crippen LogP contribution in [0.1, 0.15) is 18.9 Å². The van der Waals surface area contributed by atoms with E-state index in [0.717, 1.165) is 6.42 Å². The monoisotopic (exact) mass is 326 g/mol. The van der Waals surface area contributed by atoms with Crippen molar-refractivity contribution in [2.24, 2.45) is 0 Å². The van der Waals surface area contributed by atoms with Crippen LogP contribution in [0.5, 0.6) is 5.88 Å². The number of aromatic nitrogens is 2. The zero-order chi connectivity index (χ0) is 14.0. The Hall–Kier alpha value is -1.69. The summed E-state index contributed by atoms with van der Waals surface area (Å²) in [5, 5.41) is 9.79. The molecule has 2 aromatic rings. The Morgan fingerprint density at radius 1 is 1.47 bits per heavy atom. The van der Waals surface area contributed by atoms with Crippen LogP contribution in [0.4, 0.5) is 4.39 Å². The molecule has 1 aromatic carbocycles. The van der Waals surface area contributed by atoms with Crippen molar-refractivity contribution in [1.82, 2.24) is 9.97 Å². The number of nitrogens with one attached hydrogen (secondary N) is 1. The molecular formula is C13H12BrFN2O2. The molecule has 0 unspecified atom stereocenters. The highest BCUT2D eigenvalue weighted by atomic mass is 79.9. The van der Waals surface area contributed by atoms with Crippen molar-refractivity contribution in [3.05, 3.63) is 44.4 Å². The lowest BCUT2D eigenvalue weighted by atomic mass is 10.1. The number of aromatic hydroxyl groups is 1. The van der Waals surface area contributed by atoms with Gasteiger partial charge in [0.15, 0.2) is 0 Å². The Labute approximate surface area is 117 Å². The van der Waals surface area contributed by atoms with E-state index in [9.17, 15) is 14.3 Å². The van der Waals surface area contributed by atoms with Crippen LogP contribution in [0.3, 0.4) is 0 Å². The highest BCUT2D eigenvalue weighted by molar-refractivity contribution is 9.10. The van der Waals surface area contributed by atoms with Crippen LogP contribution < -0.4 is 5.56 Å². The third-order valence-electron chi connectivity index (χ3n) is 2.68. The zero-order valence-corrected chi connectivity index (χ0v) is 11.8. The second-order valence-electron chi connectivity index (χ2n) is 4.09. The average Bonchev–Trinajstić information content (AvgIpc) is 2.33. The molecule has 0 radical (unpaired) electrons. The van der Waals surface area contributed by atoms with Crippen molar-refractivity contribution in [3.8, 4) is 17.3 Å². The molecule has 6 heteroatoms. The lowest BCUT2D eigenvalue weighted by Crippen LogP contribution is -2.15. The largest absolute Gasteiger partial charge is 0.493 e. The Morgan fingerprint density at radius 3 is 2.79 bits per heavy atom. The van der Waals surface area contributed by atoms with Crippen molar-refractivity contribution in [3.63, 3.8) is 0 Å². The number of H-pyrrole nitrogens is 1. The molecule has 1 aromatic heterocycles. The molecule has 4 nitrogen and oxygen atoms in total. The van der Waals surface area contributed by atoms with Crippen LogP contribution in [0.2, 0.25) is 0 Å². The molecule has 0 saturated heterocycles. The van der Waals surface area contributed by atoms with Crippen molar-refractivity contribution in [1.29, 1.82) is 0 Å². The van der Waals surface area contributed by atoms with Gasteiger partial charge in [-0.2, -0.15) is 4.98 Å². The van der Waals surface area contributed by atoms with Gasteiger partial charge in [-0.15, -0.1) is 0 Å². The van der Waals surface area contributed by atoms with E-state index in [1.165, 1.54) is 18.2 Å². The second-order valence-corrected chi connectivity index (χ2v) is 4.95. The first-order chi connectivity index (χ1) is 9.02. The molecule has 2 rings (SSSR count). The Balaban J connectivity index is 2.55. The molecule has 1 heterocycles. The van der Waals surface area contributed by atoms with Crippen LogP contribution in [0, 0.1) is 5.82 Å². The van der Waals surface area contributed by atoms with E-state index in [2.05, 4.69) is 25.9 Å². The number of nitrogens with zero attached hydrogens (tertiary/aromatic N) is 1. The van der Waals surface area contributed by atoms with Gasteiger partial charge >= 0.3 is 0 Å². The van der Waals surface area contributed by atoms with Gasteiger partial charge in [0.2, 0.25) is 5.88 Å². The van der Waals surface area contributed by atoms with Crippen molar-refractivity contribution >= 4 is 15.9 Å². The number of hydrogen-bond donors (Lipinski definition) is 2. The van der Waals surface area contributed by atoms with Gasteiger partial charge in [0.1, 0.15) is 11.6 Å². The molecular weight excluding hydrogens is 315 g/mol. The second kappa shape index (κ2) is 5.52. The summed E-state index contributed by atoms with van der Waals surface area (Å²) in [5.41, 5.74) is 0.405. The van der Waals surface area contributed by atoms with Gasteiger partial charge in [-0.25, -0.2) is 4.39 Å². The van der Waals surface area contributed by atoms with Crippen LogP contribution in [-0.2, 0) is 6.42 Å². The standard InChI is InChI=1S/C13H12BrFN2O2/c1-2-3-9-12(18)16-11(17-13(9)19)8-5-4-7(15)6-10(8)14/h4-6H,2-3H2,1H3,(H2,16,17,18,19). The maximum atomic E-state index is 13.0. The first-order valence-corrected chi connectivity index (χ1v) is 6.59. The fourth-order valence-corrected chi connectivity index (χ4v) is 2.31. The number of hydrogen-bond acceptors (Lipinski definition) is 3. The van der Waals surface area contributed by atoms with Gasteiger partial charge in [-0.3, -0.25) is 4.79 Å². The van der Waals surface area contributed by atoms with Crippen LogP contribution in [0.15, 0.2) is 27.5 Å². The Bertz CT molecular complexity index is 670. The van der Waals surface area contributed by atoms with E-state index in [4.69, 9.17) is 0 Å². The molecule has 0 aliphatic rings. The molecule has 0 fully saturated rings. The minimum Gasteiger partial charge on any atom is -0.493 e. The number of aromatic amines is 1. The van der Waals surface area contributed by atoms with Gasteiger partial charge in [0.25, 0.3) is 5.56 Å². The lowest BCUT2D eigenvalue weighted by molar-refractivity contribution is 0.443. The number of halogens is 2. The molecule has 0 spiro atoms. The predicted octanol–water partition coefficient (Wildman–Crippen LogP) is 3.00. The third kappa shape index (κ3) is 2.84. The summed E-state index contributed by atoms with van der Waals surface area (Å²) in [4.78, 5) is 18.4. The first kappa shape index (κ1) is 13.7. The minimum atomic E-state index is -0.398. The molecule has 0 aliphatic heterocycles. The lowest BCUT2D eigenvalue weighted by Gasteiger charge is -2.07. The summed E-state index contributed by atoms with van der Waals surface area (Å²) in [5.74, 6) is -0.476. The summed E-state index contributed by atoms with van der Waals surface area (Å²) < 4.78 is 13.5. The van der Waals surface area contributed by atoms with Gasteiger partial charge < -0.3 is 10.1 Å². The van der Waals surface area contributed by atoms with Gasteiger partial charge in [0, 0.05) is 10.0 Å². The maximum absolute atomic E-state index is 13.0. The highest BCUT2D eigenvalue weighted by Gasteiger charge is 2.13. The zero-order valence-electron chi connectivity index (χ0n) is 10.2. The van der Waals surface area contributed by atoms with E-state index in [1.807, 2.05) is 6.92 Å². The summed E-state index contributed by atoms with van der Waals surface area (Å²) in [6, 6.07) is 4.01. The molecule has 0 saturated carbocycles. The van der Waals surface area contributed by atoms with Gasteiger partial charge in [0.05, 0.1) is 5.56 Å². The molecule has 2 N–H and O–H groups in total. The van der Waals surface area contributed by atoms with E-state index >= 15 is 0 Å². The average molecular weight is 327 g/mol. The maximum Gasteiger partial charge on any atom is 0.258 e. The molecule has 19 heavy (non-hydrogen) atoms. The fraction of sp³-hybridized carbons (Fsp3) is 0.231. The molecule has 0 atom stereocenters. The van der Waals surface area contributed by atoms with Gasteiger partial charge in [-0.05, 0) is 40.5 Å². The first-order valence-electron chi connectivity index (χ1n) is 5.80. The van der Waals surface area contributed by atoms with E-state index in [0.29, 0.717) is 16.5 Å². The smallest absolute Gasteiger partial charge is 0.258 e. The topological polar surface area (TPSA) is 66.0 Å². The molecule has 0 bridgehead atoms. The van der Waals surface area contributed by atoms with Crippen molar-refractivity contribution in [2.75, 3.05) is 0 Å². The van der Waals surface area contributed by atoms with Crippen molar-refractivity contribution < 1.29 is 9.50 Å². The Morgan fingerprint density at radius 2 is 2.21 bits per heavy atom. The summed E-state index contributed by atoms with van der Waals surface area (Å²) in [7, 11) is 0. The molecule has 0 aliphatic carbocycles. The molecule has 0 amide bonds. The van der Waals surface area contributed by atoms with Crippen molar-refractivity contribution in [2.45, 2.75) is 19.8 Å². The van der Waals surface area contributed by atoms with E-state index < -0.39 is 5.82 Å². The normalized spacial score (nSPS) is 10.7. The van der Waals surface area contributed by atoms with E-state index in [1.54, 1.807) is 0 Å². The SMILES string of the molecule is CCCc1c(O)nc(-c2ccc(F)cc2Br)[nH]c1=O. The van der Waals surface area contributed by atoms with Crippen LogP contribution >= 0.6 is 15.9 Å². The fourth-order valence-electron chi connectivity index (χ4n) is 1.77. The summed E-state index contributed by atoms with van der Waals surface area (Å²) >= 11 is 3.20. The van der Waals surface area contributed by atoms with E-state index in [-0.39, 0.29) is 22.8 Å². The quantitative estimate of drug-likeness (QED) is 0.911. The molecule has 100 valence electrons. The highest BCUT2D eigenvalue weighted by Crippen LogP contribution is 2.27. The van der Waals surface area contributed by atoms with Gasteiger partial charge in [-0.1, -0.05) is 13.3 Å². The summed E-state index contributed by atoms with van der Waals surface area (Å²) in [6.07, 6.45) is 1.19.